The topological polar surface area (TPSA) is 89.5 Å². The molecule has 1 aromatic carbocycles. The summed E-state index contributed by atoms with van der Waals surface area (Å²) in [6, 6.07) is 5.43. The number of carbonyl (C=O) groups is 2. The lowest BCUT2D eigenvalue weighted by Gasteiger charge is -2.15. The fourth-order valence-electron chi connectivity index (χ4n) is 2.74. The number of hydrogen-bond acceptors (Lipinski definition) is 5. The van der Waals surface area contributed by atoms with Crippen molar-refractivity contribution in [2.45, 2.75) is 50.0 Å². The molecular weight excluding hydrogens is 354 g/mol. The van der Waals surface area contributed by atoms with Crippen LogP contribution in [-0.4, -0.2) is 39.2 Å². The van der Waals surface area contributed by atoms with Crippen molar-refractivity contribution in [3.8, 4) is 0 Å². The predicted octanol–water partition coefficient (Wildman–Crippen LogP) is 2.64. The molecule has 0 fully saturated rings. The Morgan fingerprint density at radius 2 is 1.88 bits per heavy atom. The molecule has 0 bridgehead atoms. The molecule has 0 aromatic heterocycles. The van der Waals surface area contributed by atoms with Crippen LogP contribution < -0.4 is 5.32 Å². The van der Waals surface area contributed by atoms with Gasteiger partial charge in [-0.1, -0.05) is 11.6 Å². The Bertz CT molecular complexity index is 781. The van der Waals surface area contributed by atoms with Crippen LogP contribution in [0.5, 0.6) is 0 Å². The molecule has 0 radical (unpaired) electrons. The van der Waals surface area contributed by atoms with Gasteiger partial charge < -0.3 is 10.1 Å². The molecule has 0 aliphatic heterocycles. The summed E-state index contributed by atoms with van der Waals surface area (Å²) in [6.45, 7) is 2.04. The quantitative estimate of drug-likeness (QED) is 0.581. The zero-order valence-electron chi connectivity index (χ0n) is 15.2. The van der Waals surface area contributed by atoms with Gasteiger partial charge >= 0.3 is 5.97 Å². The van der Waals surface area contributed by atoms with E-state index in [4.69, 9.17) is 4.74 Å². The number of allylic oxidation sites excluding steroid dienone is 1. The highest BCUT2D eigenvalue weighted by Crippen LogP contribution is 2.19. The van der Waals surface area contributed by atoms with Crippen LogP contribution >= 0.6 is 0 Å². The maximum absolute atomic E-state index is 12.1. The van der Waals surface area contributed by atoms with Crippen LogP contribution in [0.25, 0.3) is 0 Å². The first kappa shape index (κ1) is 20.2. The number of sulfone groups is 1. The van der Waals surface area contributed by atoms with Gasteiger partial charge in [0.15, 0.2) is 15.9 Å². The third-order valence-electron chi connectivity index (χ3n) is 4.30. The second-order valence-corrected chi connectivity index (χ2v) is 8.51. The average Bonchev–Trinajstić information content (AvgIpc) is 2.61. The first-order valence-corrected chi connectivity index (χ1v) is 10.6. The van der Waals surface area contributed by atoms with Crippen molar-refractivity contribution >= 4 is 21.7 Å². The maximum Gasteiger partial charge on any atom is 0.338 e. The van der Waals surface area contributed by atoms with Crippen molar-refractivity contribution in [2.75, 3.05) is 12.8 Å². The maximum atomic E-state index is 12.1. The van der Waals surface area contributed by atoms with Gasteiger partial charge in [0.05, 0.1) is 10.5 Å². The Morgan fingerprint density at radius 1 is 1.19 bits per heavy atom. The number of esters is 1. The Hall–Kier alpha value is -2.15. The number of nitrogens with one attached hydrogen (secondary N) is 1. The highest BCUT2D eigenvalue weighted by atomic mass is 32.2. The highest BCUT2D eigenvalue weighted by molar-refractivity contribution is 7.90. The minimum absolute atomic E-state index is 0.122. The van der Waals surface area contributed by atoms with Crippen LogP contribution in [0.4, 0.5) is 0 Å². The van der Waals surface area contributed by atoms with Crippen molar-refractivity contribution in [1.29, 1.82) is 0 Å². The van der Waals surface area contributed by atoms with E-state index < -0.39 is 21.9 Å². The number of carbonyl (C=O) groups excluding carboxylic acids is 2. The molecule has 1 N–H and O–H groups in total. The van der Waals surface area contributed by atoms with E-state index in [0.717, 1.165) is 25.5 Å². The first-order valence-electron chi connectivity index (χ1n) is 8.74. The van der Waals surface area contributed by atoms with E-state index in [-0.39, 0.29) is 16.4 Å². The van der Waals surface area contributed by atoms with Crippen molar-refractivity contribution in [3.63, 3.8) is 0 Å². The highest BCUT2D eigenvalue weighted by Gasteiger charge is 2.19. The average molecular weight is 379 g/mol. The third kappa shape index (κ3) is 5.98. The van der Waals surface area contributed by atoms with Crippen molar-refractivity contribution < 1.29 is 22.7 Å². The van der Waals surface area contributed by atoms with Crippen LogP contribution in [-0.2, 0) is 19.4 Å². The number of benzene rings is 1. The molecule has 6 nitrogen and oxygen atoms in total. The zero-order valence-corrected chi connectivity index (χ0v) is 16.0. The number of amides is 1. The summed E-state index contributed by atoms with van der Waals surface area (Å²) in [5.41, 5.74) is 1.57. The van der Waals surface area contributed by atoms with Crippen molar-refractivity contribution in [2.24, 2.45) is 0 Å². The molecule has 1 aliphatic rings. The standard InChI is InChI=1S/C19H25NO5S/c1-14(18(21)20-13-12-15-6-4-3-5-7-15)25-19(22)16-8-10-17(11-9-16)26(2,23)24/h6,8-11,14H,3-5,7,12-13H2,1-2H3,(H,20,21)/t14-/m0/s1. The largest absolute Gasteiger partial charge is 0.449 e. The molecule has 0 saturated heterocycles. The van der Waals surface area contributed by atoms with Crippen LogP contribution in [0.1, 0.15) is 49.4 Å². The van der Waals surface area contributed by atoms with Crippen LogP contribution in [0.2, 0.25) is 0 Å². The van der Waals surface area contributed by atoms with Crippen molar-refractivity contribution in [1.82, 2.24) is 5.32 Å². The normalized spacial score (nSPS) is 15.7. The van der Waals surface area contributed by atoms with E-state index in [9.17, 15) is 18.0 Å². The molecule has 0 heterocycles. The monoisotopic (exact) mass is 379 g/mol. The summed E-state index contributed by atoms with van der Waals surface area (Å²) in [5.74, 6) is -1.01. The SMILES string of the molecule is C[C@H](OC(=O)c1ccc(S(C)(=O)=O)cc1)C(=O)NCCC1=CCCCC1. The molecular formula is C19H25NO5S. The van der Waals surface area contributed by atoms with Gasteiger partial charge in [-0.3, -0.25) is 4.79 Å². The minimum Gasteiger partial charge on any atom is -0.449 e. The van der Waals surface area contributed by atoms with Gasteiger partial charge in [0, 0.05) is 12.8 Å². The lowest BCUT2D eigenvalue weighted by atomic mass is 9.97. The molecule has 2 rings (SSSR count). The number of rotatable bonds is 7. The fraction of sp³-hybridized carbons (Fsp3) is 0.474. The Morgan fingerprint density at radius 3 is 2.46 bits per heavy atom. The predicted molar refractivity (Wildman–Crippen MR) is 98.6 cm³/mol. The molecule has 1 atom stereocenters. The molecule has 26 heavy (non-hydrogen) atoms. The zero-order chi connectivity index (χ0) is 19.2. The van der Waals surface area contributed by atoms with Crippen LogP contribution in [0.3, 0.4) is 0 Å². The minimum atomic E-state index is -3.32. The second kappa shape index (κ2) is 8.98. The third-order valence-corrected chi connectivity index (χ3v) is 5.43. The van der Waals surface area contributed by atoms with E-state index in [0.29, 0.717) is 6.54 Å². The van der Waals surface area contributed by atoms with Gasteiger partial charge in [0.1, 0.15) is 0 Å². The lowest BCUT2D eigenvalue weighted by molar-refractivity contribution is -0.129. The molecule has 0 unspecified atom stereocenters. The van der Waals surface area contributed by atoms with E-state index in [1.807, 2.05) is 0 Å². The van der Waals surface area contributed by atoms with Crippen LogP contribution in [0, 0.1) is 0 Å². The van der Waals surface area contributed by atoms with Gasteiger partial charge in [0.2, 0.25) is 0 Å². The van der Waals surface area contributed by atoms with Crippen molar-refractivity contribution in [3.05, 3.63) is 41.5 Å². The first-order chi connectivity index (χ1) is 12.3. The summed E-state index contributed by atoms with van der Waals surface area (Å²) in [7, 11) is -3.32. The molecule has 142 valence electrons. The Balaban J connectivity index is 1.81. The van der Waals surface area contributed by atoms with E-state index in [1.165, 1.54) is 49.6 Å². The molecule has 1 amide bonds. The van der Waals surface area contributed by atoms with E-state index in [2.05, 4.69) is 11.4 Å². The summed E-state index contributed by atoms with van der Waals surface area (Å²) < 4.78 is 28.0. The van der Waals surface area contributed by atoms with Gasteiger partial charge in [0.25, 0.3) is 5.91 Å². The summed E-state index contributed by atoms with van der Waals surface area (Å²) in [5, 5.41) is 2.78. The van der Waals surface area contributed by atoms with E-state index in [1.54, 1.807) is 0 Å². The lowest BCUT2D eigenvalue weighted by Crippen LogP contribution is -2.36. The smallest absolute Gasteiger partial charge is 0.338 e. The summed E-state index contributed by atoms with van der Waals surface area (Å²) >= 11 is 0. The molecule has 0 saturated carbocycles. The Kier molecular flexibility index (Phi) is 6.97. The Labute approximate surface area is 154 Å². The molecule has 0 spiro atoms. The summed E-state index contributed by atoms with van der Waals surface area (Å²) in [4.78, 5) is 24.3. The molecule has 7 heteroatoms. The second-order valence-electron chi connectivity index (χ2n) is 6.49. The van der Waals surface area contributed by atoms with Crippen LogP contribution in [0.15, 0.2) is 40.8 Å². The van der Waals surface area contributed by atoms with Gasteiger partial charge in [-0.2, -0.15) is 0 Å². The number of ether oxygens (including phenoxy) is 1. The fourth-order valence-corrected chi connectivity index (χ4v) is 3.37. The van der Waals surface area contributed by atoms with Gasteiger partial charge in [-0.15, -0.1) is 0 Å². The van der Waals surface area contributed by atoms with Gasteiger partial charge in [-0.05, 0) is 63.3 Å². The molecule has 1 aliphatic carbocycles. The van der Waals surface area contributed by atoms with Gasteiger partial charge in [-0.25, -0.2) is 13.2 Å². The summed E-state index contributed by atoms with van der Waals surface area (Å²) in [6.07, 6.45) is 7.85. The van der Waals surface area contributed by atoms with E-state index >= 15 is 0 Å². The molecule has 1 aromatic rings. The number of hydrogen-bond donors (Lipinski definition) is 1.